The Hall–Kier alpha value is -1.44. The molecule has 0 aliphatic rings. The highest BCUT2D eigenvalue weighted by Gasteiger charge is 2.10. The Balaban J connectivity index is 2.30. The van der Waals surface area contributed by atoms with Gasteiger partial charge in [0.15, 0.2) is 0 Å². The topological polar surface area (TPSA) is 101 Å². The number of rotatable bonds is 8. The van der Waals surface area contributed by atoms with Crippen molar-refractivity contribution >= 4 is 15.9 Å². The summed E-state index contributed by atoms with van der Waals surface area (Å²) in [4.78, 5) is 11.1. The van der Waals surface area contributed by atoms with E-state index in [2.05, 4.69) is 10.0 Å². The molecule has 4 N–H and O–H groups in total. The fourth-order valence-electron chi connectivity index (χ4n) is 1.41. The molecule has 0 aliphatic heterocycles. The summed E-state index contributed by atoms with van der Waals surface area (Å²) >= 11 is 0. The van der Waals surface area contributed by atoms with Gasteiger partial charge in [0.05, 0.1) is 5.75 Å². The van der Waals surface area contributed by atoms with E-state index in [1.165, 1.54) is 0 Å². The van der Waals surface area contributed by atoms with Crippen molar-refractivity contribution in [3.8, 4) is 0 Å². The second-order valence-electron chi connectivity index (χ2n) is 4.01. The Labute approximate surface area is 113 Å². The molecule has 0 saturated heterocycles. The highest BCUT2D eigenvalue weighted by atomic mass is 32.2. The number of carbonyl (C=O) groups is 1. The number of nitrogens with two attached hydrogens (primary N) is 1. The number of carbonyl (C=O) groups excluding carboxylic acids is 1. The van der Waals surface area contributed by atoms with E-state index in [1.807, 2.05) is 30.3 Å². The summed E-state index contributed by atoms with van der Waals surface area (Å²) in [6, 6.07) is 9.23. The first kappa shape index (κ1) is 15.6. The summed E-state index contributed by atoms with van der Waals surface area (Å²) in [7, 11) is -3.39. The van der Waals surface area contributed by atoms with E-state index in [1.54, 1.807) is 0 Å². The first-order chi connectivity index (χ1) is 9.03. The zero-order valence-electron chi connectivity index (χ0n) is 10.6. The fraction of sp³-hybridized carbons (Fsp3) is 0.417. The molecular weight excluding hydrogens is 266 g/mol. The van der Waals surface area contributed by atoms with Crippen LogP contribution >= 0.6 is 0 Å². The minimum absolute atomic E-state index is 0.0863. The third kappa shape index (κ3) is 6.90. The molecule has 0 unspecified atom stereocenters. The molecule has 7 heteroatoms. The van der Waals surface area contributed by atoms with Gasteiger partial charge in [0.2, 0.25) is 15.9 Å². The lowest BCUT2D eigenvalue weighted by Gasteiger charge is -2.07. The van der Waals surface area contributed by atoms with Crippen LogP contribution in [-0.4, -0.2) is 33.2 Å². The van der Waals surface area contributed by atoms with Gasteiger partial charge < -0.3 is 11.1 Å². The predicted octanol–water partition coefficient (Wildman–Crippen LogP) is -0.429. The van der Waals surface area contributed by atoms with E-state index in [0.29, 0.717) is 0 Å². The van der Waals surface area contributed by atoms with Gasteiger partial charge in [-0.1, -0.05) is 30.3 Å². The quantitative estimate of drug-likeness (QED) is 0.603. The largest absolute Gasteiger partial charge is 0.355 e. The van der Waals surface area contributed by atoms with Gasteiger partial charge in [-0.2, -0.15) is 0 Å². The molecule has 0 radical (unpaired) electrons. The van der Waals surface area contributed by atoms with Crippen LogP contribution < -0.4 is 15.8 Å². The van der Waals surface area contributed by atoms with Crippen molar-refractivity contribution in [2.75, 3.05) is 18.8 Å². The lowest BCUT2D eigenvalue weighted by atomic mass is 10.2. The van der Waals surface area contributed by atoms with Gasteiger partial charge in [-0.15, -0.1) is 0 Å². The SMILES string of the molecule is NCCC(=O)NCCS(=O)(=O)NCc1ccccc1. The van der Waals surface area contributed by atoms with Gasteiger partial charge in [0.25, 0.3) is 0 Å². The maximum Gasteiger partial charge on any atom is 0.221 e. The Bertz CT molecular complexity index is 488. The molecule has 0 bridgehead atoms. The molecule has 19 heavy (non-hydrogen) atoms. The van der Waals surface area contributed by atoms with Gasteiger partial charge in [-0.05, 0) is 5.56 Å². The smallest absolute Gasteiger partial charge is 0.221 e. The van der Waals surface area contributed by atoms with Gasteiger partial charge in [0.1, 0.15) is 0 Å². The van der Waals surface area contributed by atoms with E-state index >= 15 is 0 Å². The number of sulfonamides is 1. The monoisotopic (exact) mass is 285 g/mol. The molecule has 0 aliphatic carbocycles. The van der Waals surface area contributed by atoms with Crippen LogP contribution in [0.3, 0.4) is 0 Å². The zero-order valence-corrected chi connectivity index (χ0v) is 11.4. The van der Waals surface area contributed by atoms with Crippen molar-refractivity contribution in [2.24, 2.45) is 5.73 Å². The maximum atomic E-state index is 11.7. The molecule has 106 valence electrons. The summed E-state index contributed by atoms with van der Waals surface area (Å²) in [5.41, 5.74) is 6.09. The maximum absolute atomic E-state index is 11.7. The van der Waals surface area contributed by atoms with Crippen molar-refractivity contribution in [2.45, 2.75) is 13.0 Å². The fourth-order valence-corrected chi connectivity index (χ4v) is 2.31. The lowest BCUT2D eigenvalue weighted by Crippen LogP contribution is -2.34. The Morgan fingerprint density at radius 2 is 1.89 bits per heavy atom. The van der Waals surface area contributed by atoms with Crippen LogP contribution in [0.2, 0.25) is 0 Å². The van der Waals surface area contributed by atoms with Gasteiger partial charge in [0, 0.05) is 26.1 Å². The molecule has 0 saturated carbocycles. The molecule has 0 heterocycles. The second-order valence-corrected chi connectivity index (χ2v) is 5.94. The van der Waals surface area contributed by atoms with Crippen LogP contribution in [0.1, 0.15) is 12.0 Å². The van der Waals surface area contributed by atoms with Crippen molar-refractivity contribution in [3.05, 3.63) is 35.9 Å². The Kier molecular flexibility index (Phi) is 6.48. The third-order valence-electron chi connectivity index (χ3n) is 2.40. The molecule has 1 aromatic rings. The average Bonchev–Trinajstić information content (AvgIpc) is 2.38. The van der Waals surface area contributed by atoms with Crippen LogP contribution in [0.5, 0.6) is 0 Å². The number of hydrogen-bond donors (Lipinski definition) is 3. The van der Waals surface area contributed by atoms with Crippen LogP contribution in [0, 0.1) is 0 Å². The van der Waals surface area contributed by atoms with E-state index in [9.17, 15) is 13.2 Å². The molecule has 0 atom stereocenters. The summed E-state index contributed by atoms with van der Waals surface area (Å²) in [6.07, 6.45) is 0.206. The van der Waals surface area contributed by atoms with Crippen LogP contribution in [0.25, 0.3) is 0 Å². The molecule has 0 spiro atoms. The van der Waals surface area contributed by atoms with Gasteiger partial charge in [-0.3, -0.25) is 4.79 Å². The molecule has 0 fully saturated rings. The molecule has 1 rings (SSSR count). The van der Waals surface area contributed by atoms with E-state index in [4.69, 9.17) is 5.73 Å². The lowest BCUT2D eigenvalue weighted by molar-refractivity contribution is -0.120. The minimum Gasteiger partial charge on any atom is -0.355 e. The predicted molar refractivity (Wildman–Crippen MR) is 73.7 cm³/mol. The van der Waals surface area contributed by atoms with Crippen molar-refractivity contribution < 1.29 is 13.2 Å². The van der Waals surface area contributed by atoms with Crippen LogP contribution in [-0.2, 0) is 21.4 Å². The second kappa shape index (κ2) is 7.88. The van der Waals surface area contributed by atoms with E-state index in [0.717, 1.165) is 5.56 Å². The van der Waals surface area contributed by atoms with E-state index in [-0.39, 0.29) is 37.7 Å². The molecular formula is C12H19N3O3S. The summed E-state index contributed by atoms with van der Waals surface area (Å²) in [5, 5.41) is 2.50. The molecule has 1 amide bonds. The zero-order chi connectivity index (χ0) is 14.1. The average molecular weight is 285 g/mol. The number of hydrogen-bond acceptors (Lipinski definition) is 4. The van der Waals surface area contributed by atoms with E-state index < -0.39 is 10.0 Å². The summed E-state index contributed by atoms with van der Waals surface area (Å²) < 4.78 is 25.8. The molecule has 1 aromatic carbocycles. The van der Waals surface area contributed by atoms with Crippen molar-refractivity contribution in [1.29, 1.82) is 0 Å². The normalized spacial score (nSPS) is 11.2. The van der Waals surface area contributed by atoms with Crippen molar-refractivity contribution in [1.82, 2.24) is 10.0 Å². The highest BCUT2D eigenvalue weighted by molar-refractivity contribution is 7.89. The first-order valence-corrected chi connectivity index (χ1v) is 7.67. The van der Waals surface area contributed by atoms with Gasteiger partial charge >= 0.3 is 0 Å². The highest BCUT2D eigenvalue weighted by Crippen LogP contribution is 1.98. The standard InChI is InChI=1S/C12H19N3O3S/c13-7-6-12(16)14-8-9-19(17,18)15-10-11-4-2-1-3-5-11/h1-5,15H,6-10,13H2,(H,14,16). The molecule has 6 nitrogen and oxygen atoms in total. The number of nitrogens with one attached hydrogen (secondary N) is 2. The summed E-state index contributed by atoms with van der Waals surface area (Å²) in [5.74, 6) is -0.378. The summed E-state index contributed by atoms with van der Waals surface area (Å²) in [6.45, 7) is 0.591. The number of benzene rings is 1. The van der Waals surface area contributed by atoms with Crippen LogP contribution in [0.15, 0.2) is 30.3 Å². The van der Waals surface area contributed by atoms with Crippen molar-refractivity contribution in [3.63, 3.8) is 0 Å². The van der Waals surface area contributed by atoms with Gasteiger partial charge in [-0.25, -0.2) is 13.1 Å². The Morgan fingerprint density at radius 3 is 2.53 bits per heavy atom. The third-order valence-corrected chi connectivity index (χ3v) is 3.73. The minimum atomic E-state index is -3.39. The number of amides is 1. The Morgan fingerprint density at radius 1 is 1.21 bits per heavy atom. The first-order valence-electron chi connectivity index (χ1n) is 6.01. The molecule has 0 aromatic heterocycles. The van der Waals surface area contributed by atoms with Crippen LogP contribution in [0.4, 0.5) is 0 Å².